The second-order valence-corrected chi connectivity index (χ2v) is 5.66. The molecule has 8 heteroatoms. The molecule has 0 bridgehead atoms. The van der Waals surface area contributed by atoms with Crippen LogP contribution in [-0.4, -0.2) is 56.1 Å². The summed E-state index contributed by atoms with van der Waals surface area (Å²) < 4.78 is 31.6. The molecule has 0 aromatic heterocycles. The largest absolute Gasteiger partial charge is 0.383 e. The van der Waals surface area contributed by atoms with E-state index in [0.717, 1.165) is 32.0 Å². The number of piperidine rings is 1. The van der Waals surface area contributed by atoms with Gasteiger partial charge >= 0.3 is 11.8 Å². The Morgan fingerprint density at radius 1 is 1.33 bits per heavy atom. The normalized spacial score (nSPS) is 18.2. The van der Waals surface area contributed by atoms with Crippen molar-refractivity contribution in [1.29, 1.82) is 0 Å². The number of hydrogen-bond donors (Lipinski definition) is 2. The fraction of sp³-hybridized carbons (Fsp3) is 0.500. The number of nitrogens with zero attached hydrogens (tertiary/aromatic N) is 1. The Kier molecular flexibility index (Phi) is 6.62. The highest BCUT2D eigenvalue weighted by molar-refractivity contribution is 6.39. The van der Waals surface area contributed by atoms with E-state index in [1.54, 1.807) is 7.11 Å². The predicted octanol–water partition coefficient (Wildman–Crippen LogP) is 1.13. The van der Waals surface area contributed by atoms with Gasteiger partial charge in [0.1, 0.15) is 0 Å². The molecule has 2 amide bonds. The molecule has 1 aromatic rings. The van der Waals surface area contributed by atoms with Crippen molar-refractivity contribution >= 4 is 17.5 Å². The van der Waals surface area contributed by atoms with Crippen LogP contribution in [0, 0.1) is 11.6 Å². The minimum absolute atomic E-state index is 0.161. The Morgan fingerprint density at radius 2 is 2.12 bits per heavy atom. The average molecular weight is 341 g/mol. The number of carbonyl (C=O) groups excluding carboxylic acids is 2. The number of halogens is 2. The zero-order valence-electron chi connectivity index (χ0n) is 13.5. The van der Waals surface area contributed by atoms with Gasteiger partial charge in [-0.05, 0) is 31.5 Å². The van der Waals surface area contributed by atoms with Gasteiger partial charge in [0.05, 0.1) is 12.3 Å². The quantitative estimate of drug-likeness (QED) is 0.788. The van der Waals surface area contributed by atoms with Gasteiger partial charge in [-0.25, -0.2) is 8.78 Å². The van der Waals surface area contributed by atoms with Crippen LogP contribution in [0.2, 0.25) is 0 Å². The van der Waals surface area contributed by atoms with Crippen LogP contribution in [0.5, 0.6) is 0 Å². The summed E-state index contributed by atoms with van der Waals surface area (Å²) in [5, 5.41) is 4.72. The lowest BCUT2D eigenvalue weighted by molar-refractivity contribution is -0.136. The number of methoxy groups -OCH3 is 1. The molecule has 0 radical (unpaired) electrons. The molecule has 1 unspecified atom stereocenters. The number of nitrogens with one attached hydrogen (secondary N) is 2. The maximum Gasteiger partial charge on any atom is 0.313 e. The number of ether oxygens (including phenoxy) is 1. The van der Waals surface area contributed by atoms with Crippen LogP contribution in [0.25, 0.3) is 0 Å². The molecule has 1 aliphatic rings. The van der Waals surface area contributed by atoms with E-state index in [1.807, 2.05) is 0 Å². The van der Waals surface area contributed by atoms with E-state index in [-0.39, 0.29) is 11.7 Å². The molecule has 1 fully saturated rings. The first-order valence-electron chi connectivity index (χ1n) is 7.78. The molecule has 0 saturated carbocycles. The molecule has 1 aliphatic heterocycles. The average Bonchev–Trinajstić information content (AvgIpc) is 2.57. The Balaban J connectivity index is 1.87. The highest BCUT2D eigenvalue weighted by atomic mass is 19.2. The standard InChI is InChI=1S/C16H21F2N3O3/c1-24-9-8-21-7-3-4-11(10-21)19-15(22)16(23)20-13-6-2-5-12(17)14(13)18/h2,5-6,11H,3-4,7-10H2,1H3,(H,19,22)(H,20,23). The third-order valence-corrected chi connectivity index (χ3v) is 3.86. The van der Waals surface area contributed by atoms with Crippen LogP contribution in [0.4, 0.5) is 14.5 Å². The Labute approximate surface area is 139 Å². The molecule has 132 valence electrons. The summed E-state index contributed by atoms with van der Waals surface area (Å²) in [7, 11) is 1.62. The highest BCUT2D eigenvalue weighted by Crippen LogP contribution is 2.16. The number of amides is 2. The minimum atomic E-state index is -1.19. The van der Waals surface area contributed by atoms with Crippen molar-refractivity contribution in [3.05, 3.63) is 29.8 Å². The molecular formula is C16H21F2N3O3. The molecular weight excluding hydrogens is 320 g/mol. The van der Waals surface area contributed by atoms with Crippen molar-refractivity contribution < 1.29 is 23.1 Å². The van der Waals surface area contributed by atoms with Crippen LogP contribution < -0.4 is 10.6 Å². The lowest BCUT2D eigenvalue weighted by Crippen LogP contribution is -2.50. The second-order valence-electron chi connectivity index (χ2n) is 5.66. The zero-order chi connectivity index (χ0) is 17.5. The van der Waals surface area contributed by atoms with E-state index >= 15 is 0 Å². The van der Waals surface area contributed by atoms with Crippen LogP contribution in [0.3, 0.4) is 0 Å². The third kappa shape index (κ3) is 4.97. The SMILES string of the molecule is COCCN1CCCC(NC(=O)C(=O)Nc2cccc(F)c2F)C1. The van der Waals surface area contributed by atoms with Gasteiger partial charge in [0.15, 0.2) is 11.6 Å². The molecule has 2 N–H and O–H groups in total. The molecule has 1 atom stereocenters. The van der Waals surface area contributed by atoms with E-state index < -0.39 is 23.4 Å². The summed E-state index contributed by atoms with van der Waals surface area (Å²) in [5.74, 6) is -4.16. The summed E-state index contributed by atoms with van der Waals surface area (Å²) in [5.41, 5.74) is -0.361. The Bertz CT molecular complexity index is 598. The van der Waals surface area contributed by atoms with Gasteiger partial charge in [-0.3, -0.25) is 14.5 Å². The summed E-state index contributed by atoms with van der Waals surface area (Å²) in [6, 6.07) is 3.21. The van der Waals surface area contributed by atoms with Gasteiger partial charge in [-0.15, -0.1) is 0 Å². The summed E-state index contributed by atoms with van der Waals surface area (Å²) in [4.78, 5) is 25.9. The predicted molar refractivity (Wildman–Crippen MR) is 84.5 cm³/mol. The van der Waals surface area contributed by atoms with Crippen molar-refractivity contribution in [1.82, 2.24) is 10.2 Å². The third-order valence-electron chi connectivity index (χ3n) is 3.86. The van der Waals surface area contributed by atoms with E-state index in [0.29, 0.717) is 13.2 Å². The van der Waals surface area contributed by atoms with Crippen molar-refractivity contribution in [2.24, 2.45) is 0 Å². The zero-order valence-corrected chi connectivity index (χ0v) is 13.5. The Morgan fingerprint density at radius 3 is 2.88 bits per heavy atom. The van der Waals surface area contributed by atoms with Crippen LogP contribution in [-0.2, 0) is 14.3 Å². The minimum Gasteiger partial charge on any atom is -0.383 e. The number of hydrogen-bond acceptors (Lipinski definition) is 4. The molecule has 1 aromatic carbocycles. The monoisotopic (exact) mass is 341 g/mol. The van der Waals surface area contributed by atoms with E-state index in [4.69, 9.17) is 4.74 Å². The van der Waals surface area contributed by atoms with E-state index in [2.05, 4.69) is 15.5 Å². The van der Waals surface area contributed by atoms with Gasteiger partial charge in [0.25, 0.3) is 0 Å². The van der Waals surface area contributed by atoms with Gasteiger partial charge in [-0.1, -0.05) is 6.07 Å². The van der Waals surface area contributed by atoms with Gasteiger partial charge in [0, 0.05) is 26.2 Å². The topological polar surface area (TPSA) is 70.7 Å². The van der Waals surface area contributed by atoms with Gasteiger partial charge in [-0.2, -0.15) is 0 Å². The lowest BCUT2D eigenvalue weighted by atomic mass is 10.1. The first-order chi connectivity index (χ1) is 11.5. The number of rotatable bonds is 5. The molecule has 0 spiro atoms. The fourth-order valence-corrected chi connectivity index (χ4v) is 2.63. The molecule has 1 heterocycles. The number of anilines is 1. The highest BCUT2D eigenvalue weighted by Gasteiger charge is 2.24. The summed E-state index contributed by atoms with van der Waals surface area (Å²) in [6.07, 6.45) is 1.66. The molecule has 6 nitrogen and oxygen atoms in total. The maximum atomic E-state index is 13.5. The van der Waals surface area contributed by atoms with Crippen LogP contribution in [0.1, 0.15) is 12.8 Å². The molecule has 1 saturated heterocycles. The van der Waals surface area contributed by atoms with E-state index in [9.17, 15) is 18.4 Å². The second kappa shape index (κ2) is 8.70. The Hall–Kier alpha value is -2.06. The molecule has 24 heavy (non-hydrogen) atoms. The number of likely N-dealkylation sites (tertiary alicyclic amines) is 1. The van der Waals surface area contributed by atoms with Crippen molar-refractivity contribution in [2.45, 2.75) is 18.9 Å². The van der Waals surface area contributed by atoms with Crippen LogP contribution in [0.15, 0.2) is 18.2 Å². The maximum absolute atomic E-state index is 13.5. The summed E-state index contributed by atoms with van der Waals surface area (Å²) >= 11 is 0. The van der Waals surface area contributed by atoms with Crippen molar-refractivity contribution in [3.8, 4) is 0 Å². The summed E-state index contributed by atoms with van der Waals surface area (Å²) in [6.45, 7) is 2.89. The van der Waals surface area contributed by atoms with Crippen LogP contribution >= 0.6 is 0 Å². The first-order valence-corrected chi connectivity index (χ1v) is 7.78. The fourth-order valence-electron chi connectivity index (χ4n) is 2.63. The smallest absolute Gasteiger partial charge is 0.313 e. The lowest BCUT2D eigenvalue weighted by Gasteiger charge is -2.32. The number of benzene rings is 1. The van der Waals surface area contributed by atoms with Gasteiger partial charge in [0.2, 0.25) is 0 Å². The molecule has 2 rings (SSSR count). The number of carbonyl (C=O) groups is 2. The molecule has 0 aliphatic carbocycles. The van der Waals surface area contributed by atoms with Crippen molar-refractivity contribution in [2.75, 3.05) is 38.7 Å². The van der Waals surface area contributed by atoms with Gasteiger partial charge < -0.3 is 15.4 Å². The van der Waals surface area contributed by atoms with Crippen molar-refractivity contribution in [3.63, 3.8) is 0 Å². The van der Waals surface area contributed by atoms with E-state index in [1.165, 1.54) is 12.1 Å². The first kappa shape index (κ1) is 18.3.